The van der Waals surface area contributed by atoms with Crippen LogP contribution >= 0.6 is 0 Å². The number of hydrogen-bond donors (Lipinski definition) is 2. The van der Waals surface area contributed by atoms with Crippen molar-refractivity contribution >= 4 is 11.7 Å². The second kappa shape index (κ2) is 8.37. The molecule has 2 aliphatic heterocycles. The second-order valence-corrected chi connectivity index (χ2v) is 9.38. The summed E-state index contributed by atoms with van der Waals surface area (Å²) in [4.78, 5) is 17.4. The molecule has 3 N–H and O–H groups in total. The lowest BCUT2D eigenvalue weighted by Gasteiger charge is -2.18. The Kier molecular flexibility index (Phi) is 5.13. The maximum atomic E-state index is 13.1. The molecule has 176 valence electrons. The number of carbonyl (C=O) groups is 1. The van der Waals surface area contributed by atoms with Gasteiger partial charge in [0.1, 0.15) is 18.0 Å². The Morgan fingerprint density at radius 3 is 2.50 bits per heavy atom. The fourth-order valence-electron chi connectivity index (χ4n) is 5.44. The number of nitrogens with one attached hydrogen (secondary N) is 1. The number of aryl methyl sites for hydroxylation is 2. The van der Waals surface area contributed by atoms with E-state index in [0.717, 1.165) is 50.2 Å². The van der Waals surface area contributed by atoms with Crippen LogP contribution in [-0.4, -0.2) is 10.9 Å². The number of benzene rings is 3. The first-order valence-electron chi connectivity index (χ1n) is 11.9. The number of carbonyl (C=O) groups excluding carboxylic acids is 1. The molecule has 2 atom stereocenters. The van der Waals surface area contributed by atoms with Crippen molar-refractivity contribution in [3.05, 3.63) is 117 Å². The predicted molar refractivity (Wildman–Crippen MR) is 140 cm³/mol. The van der Waals surface area contributed by atoms with Crippen LogP contribution in [0.15, 0.2) is 66.7 Å². The van der Waals surface area contributed by atoms with E-state index in [9.17, 15) is 4.79 Å². The zero-order valence-electron chi connectivity index (χ0n) is 20.1. The van der Waals surface area contributed by atoms with Crippen LogP contribution in [0.1, 0.15) is 67.2 Å². The van der Waals surface area contributed by atoms with Gasteiger partial charge >= 0.3 is 0 Å². The van der Waals surface area contributed by atoms with E-state index in [4.69, 9.17) is 16.9 Å². The molecule has 2 unspecified atom stereocenters. The first kappa shape index (κ1) is 22.1. The summed E-state index contributed by atoms with van der Waals surface area (Å²) >= 11 is 0. The topological polar surface area (TPSA) is 77.2 Å². The lowest BCUT2D eigenvalue weighted by Crippen LogP contribution is -2.24. The van der Waals surface area contributed by atoms with Crippen molar-refractivity contribution in [1.29, 1.82) is 0 Å². The van der Waals surface area contributed by atoms with Gasteiger partial charge < -0.3 is 15.8 Å². The van der Waals surface area contributed by atoms with Gasteiger partial charge in [0, 0.05) is 23.4 Å². The summed E-state index contributed by atoms with van der Waals surface area (Å²) in [7, 11) is 0. The predicted octanol–water partition coefficient (Wildman–Crippen LogP) is 5.38. The molecule has 0 saturated carbocycles. The maximum Gasteiger partial charge on any atom is 0.251 e. The van der Waals surface area contributed by atoms with Crippen molar-refractivity contribution in [2.75, 3.05) is 5.73 Å². The standard InChI is InChI=1S/C31H25N3O2/c1-4-19-7-5-6-8-22(19)20-9-11-23-25(14-20)30-26-15-21(10-12-24(26)29(23)36-30)31(35)33-16-27-17(2)13-28(32)34-18(27)3/h1,5-15,29-30H,16H2,2-3H3,(H2,32,34)(H,33,35). The summed E-state index contributed by atoms with van der Waals surface area (Å²) in [5.41, 5.74) is 16.7. The van der Waals surface area contributed by atoms with Crippen LogP contribution in [0.4, 0.5) is 5.82 Å². The van der Waals surface area contributed by atoms with Crippen LogP contribution in [0.3, 0.4) is 0 Å². The van der Waals surface area contributed by atoms with E-state index in [0.29, 0.717) is 17.9 Å². The van der Waals surface area contributed by atoms with E-state index in [-0.39, 0.29) is 18.1 Å². The lowest BCUT2D eigenvalue weighted by molar-refractivity contribution is 0.0857. The second-order valence-electron chi connectivity index (χ2n) is 9.38. The monoisotopic (exact) mass is 471 g/mol. The molecule has 0 saturated heterocycles. The minimum atomic E-state index is -0.198. The summed E-state index contributed by atoms with van der Waals surface area (Å²) in [5.74, 6) is 3.13. The first-order valence-corrected chi connectivity index (χ1v) is 11.9. The van der Waals surface area contributed by atoms with Crippen molar-refractivity contribution in [2.45, 2.75) is 32.6 Å². The summed E-state index contributed by atoms with van der Waals surface area (Å²) in [5, 5.41) is 3.03. The normalized spacial score (nSPS) is 16.8. The third kappa shape index (κ3) is 3.46. The maximum absolute atomic E-state index is 13.1. The fraction of sp³-hybridized carbons (Fsp3) is 0.161. The summed E-state index contributed by atoms with van der Waals surface area (Å²) in [6, 6.07) is 22.0. The minimum Gasteiger partial charge on any atom is -0.384 e. The van der Waals surface area contributed by atoms with Crippen LogP contribution in [0.2, 0.25) is 0 Å². The molecule has 1 amide bonds. The van der Waals surface area contributed by atoms with Gasteiger partial charge in [0.2, 0.25) is 0 Å². The Labute approximate surface area is 210 Å². The van der Waals surface area contributed by atoms with Crippen LogP contribution in [0.5, 0.6) is 0 Å². The van der Waals surface area contributed by atoms with Gasteiger partial charge in [-0.25, -0.2) is 4.98 Å². The van der Waals surface area contributed by atoms with Gasteiger partial charge in [-0.2, -0.15) is 0 Å². The van der Waals surface area contributed by atoms with Gasteiger partial charge in [-0.1, -0.05) is 42.3 Å². The number of aromatic nitrogens is 1. The minimum absolute atomic E-state index is 0.111. The molecule has 3 heterocycles. The third-order valence-corrected chi connectivity index (χ3v) is 7.23. The Morgan fingerprint density at radius 2 is 1.72 bits per heavy atom. The van der Waals surface area contributed by atoms with Crippen molar-refractivity contribution in [3.63, 3.8) is 0 Å². The fourth-order valence-corrected chi connectivity index (χ4v) is 5.44. The molecule has 1 aromatic heterocycles. The van der Waals surface area contributed by atoms with E-state index in [1.54, 1.807) is 0 Å². The molecule has 0 fully saturated rings. The van der Waals surface area contributed by atoms with E-state index in [1.807, 2.05) is 62.4 Å². The molecule has 2 aliphatic rings. The molecule has 5 heteroatoms. The van der Waals surface area contributed by atoms with Crippen molar-refractivity contribution in [1.82, 2.24) is 10.3 Å². The Balaban J connectivity index is 1.28. The number of nitrogens with zero attached hydrogens (tertiary/aromatic N) is 1. The average molecular weight is 472 g/mol. The van der Waals surface area contributed by atoms with Crippen molar-refractivity contribution in [3.8, 4) is 23.5 Å². The Bertz CT molecular complexity index is 1580. The van der Waals surface area contributed by atoms with Gasteiger partial charge in [0.25, 0.3) is 5.91 Å². The number of terminal acetylenes is 1. The van der Waals surface area contributed by atoms with Gasteiger partial charge in [-0.15, -0.1) is 6.42 Å². The molecule has 6 rings (SSSR count). The largest absolute Gasteiger partial charge is 0.384 e. The van der Waals surface area contributed by atoms with E-state index >= 15 is 0 Å². The van der Waals surface area contributed by atoms with Crippen molar-refractivity contribution < 1.29 is 9.53 Å². The highest BCUT2D eigenvalue weighted by molar-refractivity contribution is 5.94. The van der Waals surface area contributed by atoms with Crippen molar-refractivity contribution in [2.24, 2.45) is 0 Å². The molecule has 0 aliphatic carbocycles. The molecule has 4 aromatic rings. The molecule has 5 nitrogen and oxygen atoms in total. The Hall–Kier alpha value is -4.40. The van der Waals surface area contributed by atoms with Crippen LogP contribution in [0, 0.1) is 26.2 Å². The number of nitrogens with two attached hydrogens (primary N) is 1. The van der Waals surface area contributed by atoms with Gasteiger partial charge in [0.05, 0.1) is 0 Å². The lowest BCUT2D eigenvalue weighted by atomic mass is 9.83. The molecule has 3 aromatic carbocycles. The molecular formula is C31H25N3O2. The van der Waals surface area contributed by atoms with Gasteiger partial charge in [-0.05, 0) is 88.7 Å². The highest BCUT2D eigenvalue weighted by atomic mass is 16.5. The third-order valence-electron chi connectivity index (χ3n) is 7.23. The molecule has 2 bridgehead atoms. The number of ether oxygens (including phenoxy) is 1. The van der Waals surface area contributed by atoms with Crippen LogP contribution in [-0.2, 0) is 11.3 Å². The Morgan fingerprint density at radius 1 is 1.00 bits per heavy atom. The van der Waals surface area contributed by atoms with Gasteiger partial charge in [-0.3, -0.25) is 4.79 Å². The SMILES string of the molecule is C#Cc1ccccc1-c1ccc2c(c1)C1OC2c2ccc(C(=O)NCc3c(C)cc(N)nc3C)cc21. The van der Waals surface area contributed by atoms with Crippen LogP contribution in [0.25, 0.3) is 11.1 Å². The summed E-state index contributed by atoms with van der Waals surface area (Å²) < 4.78 is 6.38. The number of fused-ring (bicyclic) bond motifs is 8. The van der Waals surface area contributed by atoms with Crippen LogP contribution < -0.4 is 11.1 Å². The first-order chi connectivity index (χ1) is 17.4. The molecule has 0 radical (unpaired) electrons. The smallest absolute Gasteiger partial charge is 0.251 e. The highest BCUT2D eigenvalue weighted by Gasteiger charge is 2.43. The summed E-state index contributed by atoms with van der Waals surface area (Å²) in [6.45, 7) is 4.27. The van der Waals surface area contributed by atoms with Gasteiger partial charge in [0.15, 0.2) is 0 Å². The number of anilines is 1. The molecular weight excluding hydrogens is 446 g/mol. The zero-order chi connectivity index (χ0) is 25.0. The number of nitrogen functional groups attached to an aromatic ring is 1. The van der Waals surface area contributed by atoms with E-state index < -0.39 is 0 Å². The van der Waals surface area contributed by atoms with E-state index in [1.165, 1.54) is 5.56 Å². The number of rotatable bonds is 4. The summed E-state index contributed by atoms with van der Waals surface area (Å²) in [6.07, 6.45) is 5.42. The quantitative estimate of drug-likeness (QED) is 0.392. The number of amides is 1. The average Bonchev–Trinajstić information content (AvgIpc) is 3.44. The molecule has 36 heavy (non-hydrogen) atoms. The highest BCUT2D eigenvalue weighted by Crippen LogP contribution is 2.54. The zero-order valence-corrected chi connectivity index (χ0v) is 20.1. The number of hydrogen-bond acceptors (Lipinski definition) is 4. The number of pyridine rings is 1. The molecule has 0 spiro atoms. The van der Waals surface area contributed by atoms with E-state index in [2.05, 4.69) is 34.4 Å².